The Morgan fingerprint density at radius 2 is 1.82 bits per heavy atom. The van der Waals surface area contributed by atoms with Crippen LogP contribution in [0.3, 0.4) is 0 Å². The molecule has 0 aliphatic carbocycles. The Balaban J connectivity index is 1.96. The van der Waals surface area contributed by atoms with Gasteiger partial charge in [0.15, 0.2) is 0 Å². The van der Waals surface area contributed by atoms with Crippen molar-refractivity contribution in [3.05, 3.63) is 77.1 Å². The molecule has 2 aromatic rings. The van der Waals surface area contributed by atoms with E-state index in [1.807, 2.05) is 24.3 Å². The highest BCUT2D eigenvalue weighted by molar-refractivity contribution is 6.05. The molecule has 0 bridgehead atoms. The average molecular weight is 296 g/mol. The first-order valence-electron chi connectivity index (χ1n) is 6.72. The molecule has 0 saturated heterocycles. The first-order chi connectivity index (χ1) is 10.7. The zero-order valence-corrected chi connectivity index (χ0v) is 11.9. The van der Waals surface area contributed by atoms with Crippen molar-refractivity contribution in [1.29, 1.82) is 0 Å². The van der Waals surface area contributed by atoms with E-state index in [9.17, 15) is 9.18 Å². The van der Waals surface area contributed by atoms with Crippen molar-refractivity contribution in [2.24, 2.45) is 0 Å². The Morgan fingerprint density at radius 3 is 2.55 bits per heavy atom. The van der Waals surface area contributed by atoms with Crippen LogP contribution in [0.1, 0.15) is 11.1 Å². The van der Waals surface area contributed by atoms with Crippen LogP contribution in [-0.2, 0) is 9.53 Å². The highest BCUT2D eigenvalue weighted by atomic mass is 19.1. The second-order valence-corrected chi connectivity index (χ2v) is 4.75. The zero-order chi connectivity index (χ0) is 15.5. The molecule has 0 atom stereocenters. The van der Waals surface area contributed by atoms with Crippen molar-refractivity contribution >= 4 is 17.8 Å². The van der Waals surface area contributed by atoms with Gasteiger partial charge in [-0.25, -0.2) is 9.18 Å². The molecule has 0 amide bonds. The van der Waals surface area contributed by atoms with Gasteiger partial charge in [0.1, 0.15) is 17.3 Å². The number of carbonyl (C=O) groups is 1. The molecule has 0 N–H and O–H groups in total. The molecule has 4 heteroatoms. The lowest BCUT2D eigenvalue weighted by Gasteiger charge is -2.03. The molecule has 1 aliphatic rings. The third kappa shape index (κ3) is 2.76. The molecule has 0 saturated carbocycles. The minimum atomic E-state index is -0.440. The van der Waals surface area contributed by atoms with Crippen LogP contribution in [0.4, 0.5) is 4.39 Å². The molecule has 0 aromatic heterocycles. The summed E-state index contributed by atoms with van der Waals surface area (Å²) in [6, 6.07) is 13.2. The molecule has 0 fully saturated rings. The maximum Gasteiger partial charge on any atom is 0.343 e. The molecule has 110 valence electrons. The number of cyclic esters (lactones) is 1. The molecule has 0 spiro atoms. The van der Waals surface area contributed by atoms with Gasteiger partial charge in [0, 0.05) is 11.1 Å². The summed E-state index contributed by atoms with van der Waals surface area (Å²) in [4.78, 5) is 12.0. The van der Waals surface area contributed by atoms with Gasteiger partial charge < -0.3 is 9.47 Å². The van der Waals surface area contributed by atoms with Crippen LogP contribution < -0.4 is 4.74 Å². The number of ether oxygens (including phenoxy) is 2. The molecule has 0 unspecified atom stereocenters. The van der Waals surface area contributed by atoms with E-state index in [0.717, 1.165) is 5.56 Å². The maximum atomic E-state index is 12.9. The molecule has 0 radical (unpaired) electrons. The monoisotopic (exact) mass is 296 g/mol. The van der Waals surface area contributed by atoms with E-state index in [1.54, 1.807) is 31.4 Å². The predicted octanol–water partition coefficient (Wildman–Crippen LogP) is 3.82. The molecule has 3 nitrogen and oxygen atoms in total. The van der Waals surface area contributed by atoms with E-state index < -0.39 is 5.97 Å². The molecule has 22 heavy (non-hydrogen) atoms. The van der Waals surface area contributed by atoms with E-state index in [-0.39, 0.29) is 5.82 Å². The number of hydrogen-bond acceptors (Lipinski definition) is 3. The number of para-hydroxylation sites is 1. The minimum Gasteiger partial charge on any atom is -0.496 e. The van der Waals surface area contributed by atoms with Crippen molar-refractivity contribution in [1.82, 2.24) is 0 Å². The normalized spacial score (nSPS) is 15.6. The lowest BCUT2D eigenvalue weighted by atomic mass is 10.1. The number of carbonyl (C=O) groups excluding carboxylic acids is 1. The van der Waals surface area contributed by atoms with Gasteiger partial charge in [0.25, 0.3) is 0 Å². The van der Waals surface area contributed by atoms with Crippen LogP contribution in [0.2, 0.25) is 0 Å². The number of hydrogen-bond donors (Lipinski definition) is 0. The maximum absolute atomic E-state index is 12.9. The quantitative estimate of drug-likeness (QED) is 0.638. The van der Waals surface area contributed by atoms with Crippen molar-refractivity contribution in [2.45, 2.75) is 0 Å². The van der Waals surface area contributed by atoms with Crippen LogP contribution in [0.15, 0.2) is 60.2 Å². The fourth-order valence-electron chi connectivity index (χ4n) is 2.20. The second-order valence-electron chi connectivity index (χ2n) is 4.75. The molecule has 1 aliphatic heterocycles. The van der Waals surface area contributed by atoms with Crippen LogP contribution in [-0.4, -0.2) is 13.1 Å². The van der Waals surface area contributed by atoms with Gasteiger partial charge >= 0.3 is 5.97 Å². The van der Waals surface area contributed by atoms with Gasteiger partial charge in [0.05, 0.1) is 12.7 Å². The van der Waals surface area contributed by atoms with Crippen molar-refractivity contribution < 1.29 is 18.7 Å². The topological polar surface area (TPSA) is 35.5 Å². The number of esters is 1. The van der Waals surface area contributed by atoms with Gasteiger partial charge in [-0.2, -0.15) is 0 Å². The SMILES string of the molecule is COc1ccccc1/C=C1\C=C(c2ccc(F)cc2)OC1=O. The second kappa shape index (κ2) is 5.85. The first kappa shape index (κ1) is 14.1. The Bertz CT molecular complexity index is 773. The third-order valence-corrected chi connectivity index (χ3v) is 3.30. The van der Waals surface area contributed by atoms with Crippen LogP contribution in [0.25, 0.3) is 11.8 Å². The Kier molecular flexibility index (Phi) is 3.74. The van der Waals surface area contributed by atoms with E-state index in [0.29, 0.717) is 22.6 Å². The predicted molar refractivity (Wildman–Crippen MR) is 81.4 cm³/mol. The van der Waals surface area contributed by atoms with Crippen LogP contribution >= 0.6 is 0 Å². The van der Waals surface area contributed by atoms with Crippen LogP contribution in [0.5, 0.6) is 5.75 Å². The highest BCUT2D eigenvalue weighted by Crippen LogP contribution is 2.29. The summed E-state index contributed by atoms with van der Waals surface area (Å²) in [5.41, 5.74) is 1.86. The summed E-state index contributed by atoms with van der Waals surface area (Å²) in [5.74, 6) is 0.307. The molecule has 3 rings (SSSR count). The van der Waals surface area contributed by atoms with Crippen molar-refractivity contribution in [3.8, 4) is 5.75 Å². The summed E-state index contributed by atoms with van der Waals surface area (Å²) >= 11 is 0. The molecular weight excluding hydrogens is 283 g/mol. The van der Waals surface area contributed by atoms with Crippen molar-refractivity contribution in [2.75, 3.05) is 7.11 Å². The fraction of sp³-hybridized carbons (Fsp3) is 0.0556. The Hall–Kier alpha value is -2.88. The summed E-state index contributed by atoms with van der Waals surface area (Å²) in [7, 11) is 1.57. The minimum absolute atomic E-state index is 0.335. The Morgan fingerprint density at radius 1 is 1.09 bits per heavy atom. The number of rotatable bonds is 3. The standard InChI is InChI=1S/C18H13FO3/c1-21-16-5-3-2-4-13(16)10-14-11-17(22-18(14)20)12-6-8-15(19)9-7-12/h2-11H,1H3/b14-10+. The van der Waals surface area contributed by atoms with E-state index in [1.165, 1.54) is 12.1 Å². The van der Waals surface area contributed by atoms with Crippen molar-refractivity contribution in [3.63, 3.8) is 0 Å². The molecular formula is C18H13FO3. The first-order valence-corrected chi connectivity index (χ1v) is 6.72. The number of benzene rings is 2. The fourth-order valence-corrected chi connectivity index (χ4v) is 2.20. The summed E-state index contributed by atoms with van der Waals surface area (Å²) in [6.07, 6.45) is 3.35. The van der Waals surface area contributed by atoms with Gasteiger partial charge in [-0.15, -0.1) is 0 Å². The largest absolute Gasteiger partial charge is 0.496 e. The smallest absolute Gasteiger partial charge is 0.343 e. The number of methoxy groups -OCH3 is 1. The molecule has 1 heterocycles. The summed E-state index contributed by atoms with van der Waals surface area (Å²) < 4.78 is 23.4. The van der Waals surface area contributed by atoms with Gasteiger partial charge in [-0.1, -0.05) is 18.2 Å². The Labute approximate surface area is 127 Å². The summed E-state index contributed by atoms with van der Waals surface area (Å²) in [6.45, 7) is 0. The van der Waals surface area contributed by atoms with E-state index >= 15 is 0 Å². The van der Waals surface area contributed by atoms with E-state index in [4.69, 9.17) is 9.47 Å². The zero-order valence-electron chi connectivity index (χ0n) is 11.9. The number of halogens is 1. The molecule has 2 aromatic carbocycles. The lowest BCUT2D eigenvalue weighted by molar-refractivity contribution is -0.130. The lowest BCUT2D eigenvalue weighted by Crippen LogP contribution is -1.97. The van der Waals surface area contributed by atoms with Gasteiger partial charge in [0.2, 0.25) is 0 Å². The van der Waals surface area contributed by atoms with Gasteiger partial charge in [-0.05, 0) is 42.5 Å². The summed E-state index contributed by atoms with van der Waals surface area (Å²) in [5, 5.41) is 0. The highest BCUT2D eigenvalue weighted by Gasteiger charge is 2.22. The van der Waals surface area contributed by atoms with Gasteiger partial charge in [-0.3, -0.25) is 0 Å². The average Bonchev–Trinajstić information content (AvgIpc) is 2.89. The third-order valence-electron chi connectivity index (χ3n) is 3.30. The van der Waals surface area contributed by atoms with Crippen LogP contribution in [0, 0.1) is 5.82 Å². The van der Waals surface area contributed by atoms with E-state index in [2.05, 4.69) is 0 Å².